The summed E-state index contributed by atoms with van der Waals surface area (Å²) in [7, 11) is -3.85. The van der Waals surface area contributed by atoms with Crippen LogP contribution in [0.15, 0.2) is 23.1 Å². The Labute approximate surface area is 105 Å². The minimum absolute atomic E-state index is 0.198. The fourth-order valence-electron chi connectivity index (χ4n) is 1.94. The molecule has 0 saturated carbocycles. The molecule has 7 heteroatoms. The molecule has 0 spiro atoms. The van der Waals surface area contributed by atoms with E-state index in [4.69, 9.17) is 11.0 Å². The first-order chi connectivity index (χ1) is 8.46. The number of benzene rings is 1. The van der Waals surface area contributed by atoms with Crippen LogP contribution in [0.25, 0.3) is 0 Å². The van der Waals surface area contributed by atoms with Gasteiger partial charge in [0, 0.05) is 19.1 Å². The van der Waals surface area contributed by atoms with E-state index in [1.54, 1.807) is 6.07 Å². The van der Waals surface area contributed by atoms with Gasteiger partial charge in [-0.3, -0.25) is 0 Å². The van der Waals surface area contributed by atoms with Crippen LogP contribution >= 0.6 is 0 Å². The van der Waals surface area contributed by atoms with Crippen LogP contribution in [-0.4, -0.2) is 31.9 Å². The molecule has 18 heavy (non-hydrogen) atoms. The number of nitrogens with two attached hydrogens (primary N) is 1. The Hall–Kier alpha value is -1.49. The maximum absolute atomic E-state index is 13.4. The van der Waals surface area contributed by atoms with Crippen molar-refractivity contribution in [3.05, 3.63) is 29.6 Å². The van der Waals surface area contributed by atoms with Gasteiger partial charge in [0.1, 0.15) is 22.3 Å². The van der Waals surface area contributed by atoms with Crippen molar-refractivity contribution in [1.29, 1.82) is 5.26 Å². The molecule has 1 aromatic rings. The van der Waals surface area contributed by atoms with E-state index in [0.29, 0.717) is 13.0 Å². The highest BCUT2D eigenvalue weighted by atomic mass is 32.2. The lowest BCUT2D eigenvalue weighted by atomic mass is 10.2. The van der Waals surface area contributed by atoms with Crippen LogP contribution in [0.1, 0.15) is 12.0 Å². The minimum Gasteiger partial charge on any atom is -0.326 e. The van der Waals surface area contributed by atoms with Gasteiger partial charge in [-0.2, -0.15) is 9.57 Å². The number of nitriles is 1. The number of nitrogens with zero attached hydrogens (tertiary/aromatic N) is 2. The molecule has 0 amide bonds. The zero-order valence-electron chi connectivity index (χ0n) is 9.51. The maximum atomic E-state index is 13.4. The van der Waals surface area contributed by atoms with Crippen molar-refractivity contribution in [2.75, 3.05) is 13.1 Å². The zero-order valence-corrected chi connectivity index (χ0v) is 10.3. The van der Waals surface area contributed by atoms with Gasteiger partial charge >= 0.3 is 0 Å². The molecular weight excluding hydrogens is 257 g/mol. The van der Waals surface area contributed by atoms with Crippen molar-refractivity contribution < 1.29 is 12.8 Å². The van der Waals surface area contributed by atoms with Crippen molar-refractivity contribution >= 4 is 10.0 Å². The average Bonchev–Trinajstić information content (AvgIpc) is 2.76. The van der Waals surface area contributed by atoms with Crippen LogP contribution in [-0.2, 0) is 10.0 Å². The minimum atomic E-state index is -3.85. The van der Waals surface area contributed by atoms with Gasteiger partial charge in [0.15, 0.2) is 0 Å². The molecule has 1 aliphatic heterocycles. The first-order valence-electron chi connectivity index (χ1n) is 5.41. The smallest absolute Gasteiger partial charge is 0.244 e. The second-order valence-electron chi connectivity index (χ2n) is 4.14. The first kappa shape index (κ1) is 13.0. The van der Waals surface area contributed by atoms with Crippen molar-refractivity contribution in [2.45, 2.75) is 17.4 Å². The van der Waals surface area contributed by atoms with E-state index in [1.165, 1.54) is 16.4 Å². The third-order valence-corrected chi connectivity index (χ3v) is 4.80. The van der Waals surface area contributed by atoms with Crippen LogP contribution in [0, 0.1) is 17.1 Å². The lowest BCUT2D eigenvalue weighted by molar-refractivity contribution is 0.471. The van der Waals surface area contributed by atoms with Crippen LogP contribution in [0.5, 0.6) is 0 Å². The summed E-state index contributed by atoms with van der Waals surface area (Å²) >= 11 is 0. The van der Waals surface area contributed by atoms with Gasteiger partial charge in [0.05, 0.1) is 0 Å². The molecule has 0 aromatic heterocycles. The molecule has 0 bridgehead atoms. The van der Waals surface area contributed by atoms with Crippen LogP contribution in [0.2, 0.25) is 0 Å². The molecule has 0 radical (unpaired) electrons. The molecule has 5 nitrogen and oxygen atoms in total. The third kappa shape index (κ3) is 2.10. The van der Waals surface area contributed by atoms with Crippen molar-refractivity contribution in [3.63, 3.8) is 0 Å². The summed E-state index contributed by atoms with van der Waals surface area (Å²) in [5.41, 5.74) is 5.21. The molecule has 1 aliphatic rings. The Morgan fingerprint density at radius 3 is 2.78 bits per heavy atom. The maximum Gasteiger partial charge on any atom is 0.244 e. The van der Waals surface area contributed by atoms with Gasteiger partial charge in [-0.1, -0.05) is 6.07 Å². The topological polar surface area (TPSA) is 87.2 Å². The Kier molecular flexibility index (Phi) is 3.34. The van der Waals surface area contributed by atoms with E-state index >= 15 is 0 Å². The van der Waals surface area contributed by atoms with E-state index < -0.39 is 21.4 Å². The van der Waals surface area contributed by atoms with Crippen LogP contribution in [0.4, 0.5) is 4.39 Å². The quantitative estimate of drug-likeness (QED) is 0.842. The normalized spacial score (nSPS) is 20.8. The number of halogens is 1. The van der Waals surface area contributed by atoms with Gasteiger partial charge in [0.2, 0.25) is 10.0 Å². The summed E-state index contributed by atoms with van der Waals surface area (Å²) in [5, 5.41) is 8.86. The van der Waals surface area contributed by atoms with Gasteiger partial charge in [-0.05, 0) is 18.6 Å². The van der Waals surface area contributed by atoms with Gasteiger partial charge in [-0.15, -0.1) is 0 Å². The summed E-state index contributed by atoms with van der Waals surface area (Å²) in [6.45, 7) is 0.495. The summed E-state index contributed by atoms with van der Waals surface area (Å²) in [4.78, 5) is -0.292. The molecule has 1 aromatic carbocycles. The molecule has 1 fully saturated rings. The molecule has 96 valence electrons. The highest BCUT2D eigenvalue weighted by molar-refractivity contribution is 7.89. The zero-order chi connectivity index (χ0) is 13.3. The van der Waals surface area contributed by atoms with Gasteiger partial charge < -0.3 is 5.73 Å². The highest BCUT2D eigenvalue weighted by Gasteiger charge is 2.33. The number of rotatable bonds is 2. The molecule has 2 rings (SSSR count). The summed E-state index contributed by atoms with van der Waals surface area (Å²) in [5.74, 6) is -0.831. The molecule has 1 heterocycles. The molecular formula is C11H12FN3O2S. The average molecular weight is 269 g/mol. The number of hydrogen-bond acceptors (Lipinski definition) is 4. The second kappa shape index (κ2) is 4.65. The third-order valence-electron chi connectivity index (χ3n) is 2.89. The van der Waals surface area contributed by atoms with E-state index in [-0.39, 0.29) is 17.5 Å². The van der Waals surface area contributed by atoms with Crippen molar-refractivity contribution in [2.24, 2.45) is 5.73 Å². The van der Waals surface area contributed by atoms with E-state index in [2.05, 4.69) is 0 Å². The molecule has 0 aliphatic carbocycles. The highest BCUT2D eigenvalue weighted by Crippen LogP contribution is 2.24. The summed E-state index contributed by atoms with van der Waals surface area (Å²) < 4.78 is 39.1. The summed E-state index contributed by atoms with van der Waals surface area (Å²) in [6, 6.07) is 4.96. The van der Waals surface area contributed by atoms with Crippen LogP contribution < -0.4 is 5.73 Å². The van der Waals surface area contributed by atoms with Gasteiger partial charge in [0.25, 0.3) is 0 Å². The Balaban J connectivity index is 2.49. The summed E-state index contributed by atoms with van der Waals surface area (Å²) in [6.07, 6.45) is 0.566. The predicted octanol–water partition coefficient (Wildman–Crippen LogP) is 0.419. The lowest BCUT2D eigenvalue weighted by Gasteiger charge is -2.16. The molecule has 0 unspecified atom stereocenters. The van der Waals surface area contributed by atoms with E-state index in [9.17, 15) is 12.8 Å². The Morgan fingerprint density at radius 1 is 1.50 bits per heavy atom. The van der Waals surface area contributed by atoms with E-state index in [1.807, 2.05) is 0 Å². The second-order valence-corrected chi connectivity index (χ2v) is 6.04. The molecule has 1 saturated heterocycles. The SMILES string of the molecule is N#Cc1c(F)cccc1S(=O)(=O)N1CC[C@@H](N)C1. The Morgan fingerprint density at radius 2 is 2.22 bits per heavy atom. The monoisotopic (exact) mass is 269 g/mol. The van der Waals surface area contributed by atoms with Crippen molar-refractivity contribution in [3.8, 4) is 6.07 Å². The first-order valence-corrected chi connectivity index (χ1v) is 6.85. The van der Waals surface area contributed by atoms with E-state index in [0.717, 1.165) is 6.07 Å². The standard InChI is InChI=1S/C11H12FN3O2S/c12-10-2-1-3-11(9(10)6-13)18(16,17)15-5-4-8(14)7-15/h1-3,8H,4-5,7,14H2/t8-/m1/s1. The lowest BCUT2D eigenvalue weighted by Crippen LogP contribution is -2.32. The predicted molar refractivity (Wildman–Crippen MR) is 62.5 cm³/mol. The van der Waals surface area contributed by atoms with Gasteiger partial charge in [-0.25, -0.2) is 12.8 Å². The fraction of sp³-hybridized carbons (Fsp3) is 0.364. The number of hydrogen-bond donors (Lipinski definition) is 1. The molecule has 1 atom stereocenters. The van der Waals surface area contributed by atoms with Crippen molar-refractivity contribution in [1.82, 2.24) is 4.31 Å². The fourth-order valence-corrected chi connectivity index (χ4v) is 3.60. The van der Waals surface area contributed by atoms with Crippen LogP contribution in [0.3, 0.4) is 0 Å². The largest absolute Gasteiger partial charge is 0.326 e. The Bertz CT molecular complexity index is 609. The molecule has 2 N–H and O–H groups in total. The number of sulfonamides is 1.